The van der Waals surface area contributed by atoms with Crippen LogP contribution in [0.2, 0.25) is 0 Å². The standard InChI is InChI=1S/C47H60N4O5/c1-11-15-25(4)16-14-17-26(5)20-21-56-40(52)19-18-33-29(8)36-22-34-27(6)31(12-2)38(48-34)23-35-28(7)32(13-3)39(49-35)24-37-30(9)41-45(51-37)42(44(33)50-36)43(46(41)53)47(54)55-10/h12,20,22-25,29,33,43,48-51H,2,11,13-19,21H2,1,3-10H3/b26-20+,35-23-,36-22-,39-24-,44-42-/t25-,29-,33-,43+/m0/s1. The molecule has 3 aromatic heterocycles. The van der Waals surface area contributed by atoms with E-state index in [0.29, 0.717) is 23.3 Å². The third-order valence-electron chi connectivity index (χ3n) is 12.5. The van der Waals surface area contributed by atoms with Crippen molar-refractivity contribution in [2.75, 3.05) is 13.7 Å². The van der Waals surface area contributed by atoms with Crippen molar-refractivity contribution in [2.45, 2.75) is 107 Å². The number of nitrogens with one attached hydrogen (secondary N) is 4. The van der Waals surface area contributed by atoms with Crippen LogP contribution in [0.4, 0.5) is 0 Å². The summed E-state index contributed by atoms with van der Waals surface area (Å²) in [5.41, 5.74) is 12.5. The first kappa shape index (κ1) is 40.6. The molecule has 1 aliphatic carbocycles. The molecule has 0 amide bonds. The molecule has 1 saturated heterocycles. The van der Waals surface area contributed by atoms with Gasteiger partial charge in [-0.3, -0.25) is 14.4 Å². The first-order valence-electron chi connectivity index (χ1n) is 20.5. The van der Waals surface area contributed by atoms with Crippen LogP contribution in [-0.2, 0) is 25.5 Å². The quantitative estimate of drug-likeness (QED) is 0.0745. The Kier molecular flexibility index (Phi) is 12.3. The van der Waals surface area contributed by atoms with Crippen molar-refractivity contribution in [2.24, 2.45) is 23.7 Å². The molecule has 0 aromatic carbocycles. The van der Waals surface area contributed by atoms with Crippen molar-refractivity contribution in [3.63, 3.8) is 0 Å². The maximum Gasteiger partial charge on any atom is 0.321 e. The van der Waals surface area contributed by atoms with Gasteiger partial charge in [0.05, 0.1) is 12.8 Å². The van der Waals surface area contributed by atoms with E-state index in [-0.39, 0.29) is 36.6 Å². The number of esters is 2. The normalized spacial score (nSPS) is 22.7. The number of hydrogen-bond donors (Lipinski definition) is 4. The van der Waals surface area contributed by atoms with Crippen LogP contribution in [0.5, 0.6) is 0 Å². The highest BCUT2D eigenvalue weighted by atomic mass is 16.5. The summed E-state index contributed by atoms with van der Waals surface area (Å²) in [5, 5.41) is 5.64. The van der Waals surface area contributed by atoms with E-state index in [1.54, 1.807) is 0 Å². The smallest absolute Gasteiger partial charge is 0.321 e. The largest absolute Gasteiger partial charge is 0.468 e. The van der Waals surface area contributed by atoms with Crippen LogP contribution in [0, 0.1) is 44.4 Å². The summed E-state index contributed by atoms with van der Waals surface area (Å²) < 4.78 is 11.0. The second-order valence-electron chi connectivity index (χ2n) is 16.1. The molecule has 4 N–H and O–H groups in total. The highest BCUT2D eigenvalue weighted by molar-refractivity contribution is 6.24. The molecular formula is C47H60N4O5. The fourth-order valence-corrected chi connectivity index (χ4v) is 9.09. The molecule has 5 heterocycles. The van der Waals surface area contributed by atoms with Crippen LogP contribution in [0.1, 0.15) is 141 Å². The Balaban J connectivity index is 1.42. The number of Topliss-reactive ketones (excluding diaryl/α,β-unsaturated/α-hetero) is 1. The number of rotatable bonds is 14. The third-order valence-corrected chi connectivity index (χ3v) is 12.5. The van der Waals surface area contributed by atoms with Gasteiger partial charge in [0.25, 0.3) is 0 Å². The molecule has 0 radical (unpaired) electrons. The van der Waals surface area contributed by atoms with Gasteiger partial charge in [0, 0.05) is 74.1 Å². The summed E-state index contributed by atoms with van der Waals surface area (Å²) >= 11 is 0. The van der Waals surface area contributed by atoms with Crippen molar-refractivity contribution in [1.29, 1.82) is 0 Å². The van der Waals surface area contributed by atoms with Crippen LogP contribution in [-0.4, -0.2) is 46.4 Å². The number of ketones is 1. The Labute approximate surface area is 331 Å². The highest BCUT2D eigenvalue weighted by Crippen LogP contribution is 2.48. The number of allylic oxidation sites excluding steroid dienone is 3. The van der Waals surface area contributed by atoms with E-state index in [1.165, 1.54) is 37.5 Å². The zero-order valence-corrected chi connectivity index (χ0v) is 34.8. The SMILES string of the molecule is C=Cc1c2[nH]c(c1C)/C=C1\N/C(=C3\c4[nH]c(c(C)c4C(=O)[C@@H]3C(=O)OC)/C=c3\[nH]/c(c(C)c3CC)=C\2)[C@@H](CCC(=O)OC/C=C(\C)CCC[C@@H](C)CCC)[C@@H]1C. The number of methoxy groups -OCH3 is 1. The van der Waals surface area contributed by atoms with Gasteiger partial charge in [0.2, 0.25) is 0 Å². The number of aromatic nitrogens is 3. The molecule has 0 saturated carbocycles. The molecule has 3 aromatic rings. The van der Waals surface area contributed by atoms with Gasteiger partial charge in [0.15, 0.2) is 5.78 Å². The Morgan fingerprint density at radius 3 is 2.38 bits per heavy atom. The van der Waals surface area contributed by atoms with Crippen LogP contribution in [0.25, 0.3) is 29.9 Å². The van der Waals surface area contributed by atoms with Crippen LogP contribution in [0.15, 0.2) is 29.6 Å². The van der Waals surface area contributed by atoms with E-state index in [1.807, 2.05) is 19.1 Å². The number of hydrogen-bond acceptors (Lipinski definition) is 6. The number of carbonyl (C=O) groups excluding carboxylic acids is 3. The molecule has 56 heavy (non-hydrogen) atoms. The molecule has 298 valence electrons. The van der Waals surface area contributed by atoms with Crippen molar-refractivity contribution < 1.29 is 23.9 Å². The second kappa shape index (κ2) is 17.0. The minimum Gasteiger partial charge on any atom is -0.468 e. The molecule has 9 nitrogen and oxygen atoms in total. The maximum atomic E-state index is 14.3. The van der Waals surface area contributed by atoms with E-state index < -0.39 is 11.9 Å². The molecule has 1 fully saturated rings. The number of ether oxygens (including phenoxy) is 2. The summed E-state index contributed by atoms with van der Waals surface area (Å²) in [4.78, 5) is 52.0. The third kappa shape index (κ3) is 7.69. The lowest BCUT2D eigenvalue weighted by atomic mass is 9.85. The van der Waals surface area contributed by atoms with Crippen LogP contribution < -0.4 is 16.0 Å². The van der Waals surface area contributed by atoms with Crippen LogP contribution in [0.3, 0.4) is 0 Å². The van der Waals surface area contributed by atoms with Gasteiger partial charge >= 0.3 is 11.9 Å². The second-order valence-corrected chi connectivity index (χ2v) is 16.1. The van der Waals surface area contributed by atoms with Gasteiger partial charge in [-0.25, -0.2) is 0 Å². The number of fused-ring (bicyclic) bond motifs is 7. The summed E-state index contributed by atoms with van der Waals surface area (Å²) in [5.74, 6) is -1.88. The zero-order valence-electron chi connectivity index (χ0n) is 34.8. The van der Waals surface area contributed by atoms with Gasteiger partial charge < -0.3 is 29.7 Å². The van der Waals surface area contributed by atoms with Gasteiger partial charge in [-0.2, -0.15) is 0 Å². The average molecular weight is 761 g/mol. The summed E-state index contributed by atoms with van der Waals surface area (Å²) in [6.45, 7) is 21.4. The summed E-state index contributed by atoms with van der Waals surface area (Å²) in [6.07, 6.45) is 17.5. The predicted octanol–water partition coefficient (Wildman–Crippen LogP) is 8.24. The van der Waals surface area contributed by atoms with E-state index in [4.69, 9.17) is 9.47 Å². The number of aromatic amines is 3. The van der Waals surface area contributed by atoms with Gasteiger partial charge in [0.1, 0.15) is 12.5 Å². The monoisotopic (exact) mass is 760 g/mol. The molecule has 4 atom stereocenters. The highest BCUT2D eigenvalue weighted by Gasteiger charge is 2.48. The Hall–Kier alpha value is -5.05. The molecule has 2 aliphatic heterocycles. The van der Waals surface area contributed by atoms with Gasteiger partial charge in [-0.15, -0.1) is 0 Å². The molecule has 3 aliphatic rings. The van der Waals surface area contributed by atoms with Crippen molar-refractivity contribution in [1.82, 2.24) is 20.3 Å². The number of carbonyl (C=O) groups is 3. The van der Waals surface area contributed by atoms with E-state index in [2.05, 4.69) is 93.5 Å². The molecular weight excluding hydrogens is 701 g/mol. The molecule has 0 unspecified atom stereocenters. The fraction of sp³-hybridized carbons (Fsp3) is 0.468. The molecule has 6 rings (SSSR count). The minimum atomic E-state index is -1.14. The average Bonchev–Trinajstić information content (AvgIpc) is 3.91. The van der Waals surface area contributed by atoms with Gasteiger partial charge in [-0.1, -0.05) is 65.2 Å². The molecule has 9 heteroatoms. The van der Waals surface area contributed by atoms with E-state index in [9.17, 15) is 14.4 Å². The maximum absolute atomic E-state index is 14.3. The zero-order chi connectivity index (χ0) is 40.4. The summed E-state index contributed by atoms with van der Waals surface area (Å²) in [6, 6.07) is 0. The first-order chi connectivity index (χ1) is 26.8. The fourth-order valence-electron chi connectivity index (χ4n) is 9.09. The Morgan fingerprint density at radius 1 is 0.946 bits per heavy atom. The van der Waals surface area contributed by atoms with E-state index in [0.717, 1.165) is 86.6 Å². The van der Waals surface area contributed by atoms with Crippen molar-refractivity contribution in [3.05, 3.63) is 96.5 Å². The van der Waals surface area contributed by atoms with Gasteiger partial charge in [-0.05, 0) is 106 Å². The Bertz CT molecular complexity index is 2270. The predicted molar refractivity (Wildman–Crippen MR) is 225 cm³/mol. The lowest BCUT2D eigenvalue weighted by Gasteiger charge is -2.19. The topological polar surface area (TPSA) is 129 Å². The Morgan fingerprint density at radius 2 is 1.68 bits per heavy atom. The van der Waals surface area contributed by atoms with E-state index >= 15 is 0 Å². The van der Waals surface area contributed by atoms with Crippen LogP contribution >= 0.6 is 0 Å². The first-order valence-corrected chi connectivity index (χ1v) is 20.5. The molecule has 0 spiro atoms. The lowest BCUT2D eigenvalue weighted by Crippen LogP contribution is -2.25. The van der Waals surface area contributed by atoms with Crippen molar-refractivity contribution in [3.8, 4) is 0 Å². The number of H-pyrrole nitrogens is 3. The lowest BCUT2D eigenvalue weighted by molar-refractivity contribution is -0.143. The minimum absolute atomic E-state index is 0.0834. The van der Waals surface area contributed by atoms with Crippen molar-refractivity contribution >= 4 is 47.6 Å². The summed E-state index contributed by atoms with van der Waals surface area (Å²) in [7, 11) is 1.32. The molecule has 8 bridgehead atoms.